The van der Waals surface area contributed by atoms with Crippen LogP contribution in [0.4, 0.5) is 18.9 Å². The van der Waals surface area contributed by atoms with Crippen LogP contribution in [0.1, 0.15) is 40.2 Å². The molecule has 4 rings (SSSR count). The molecule has 5 nitrogen and oxygen atoms in total. The number of carboxylic acid groups (broad SMARTS) is 1. The summed E-state index contributed by atoms with van der Waals surface area (Å²) >= 11 is 0. The fourth-order valence-corrected chi connectivity index (χ4v) is 4.63. The molecule has 8 heteroatoms. The number of aromatic carboxylic acids is 1. The zero-order valence-electron chi connectivity index (χ0n) is 17.7. The third kappa shape index (κ3) is 5.24. The Hall–Kier alpha value is -2.58. The number of ether oxygens (including phenoxy) is 1. The van der Waals surface area contributed by atoms with E-state index in [0.717, 1.165) is 55.9 Å². The van der Waals surface area contributed by atoms with Crippen molar-refractivity contribution in [3.63, 3.8) is 0 Å². The van der Waals surface area contributed by atoms with Crippen LogP contribution in [0, 0.1) is 0 Å². The number of rotatable bonds is 5. The molecule has 2 aliphatic heterocycles. The second kappa shape index (κ2) is 9.50. The van der Waals surface area contributed by atoms with Crippen LogP contribution in [0.3, 0.4) is 0 Å². The first kappa shape index (κ1) is 22.6. The van der Waals surface area contributed by atoms with Crippen LogP contribution in [0.5, 0.6) is 0 Å². The van der Waals surface area contributed by atoms with Gasteiger partial charge in [0.1, 0.15) is 0 Å². The van der Waals surface area contributed by atoms with Gasteiger partial charge in [0.15, 0.2) is 0 Å². The minimum Gasteiger partial charge on any atom is -0.478 e. The Labute approximate surface area is 185 Å². The van der Waals surface area contributed by atoms with Gasteiger partial charge >= 0.3 is 12.1 Å². The molecule has 2 fully saturated rings. The lowest BCUT2D eigenvalue weighted by molar-refractivity contribution is -0.137. The summed E-state index contributed by atoms with van der Waals surface area (Å²) in [6.07, 6.45) is -2.54. The maximum Gasteiger partial charge on any atom is 0.416 e. The van der Waals surface area contributed by atoms with Crippen LogP contribution in [0.15, 0.2) is 48.5 Å². The van der Waals surface area contributed by atoms with Gasteiger partial charge in [-0.25, -0.2) is 4.79 Å². The second-order valence-corrected chi connectivity index (χ2v) is 8.47. The molecule has 172 valence electrons. The molecular weight excluding hydrogens is 421 g/mol. The summed E-state index contributed by atoms with van der Waals surface area (Å²) in [4.78, 5) is 15.9. The lowest BCUT2D eigenvalue weighted by Crippen LogP contribution is -2.51. The van der Waals surface area contributed by atoms with Crippen molar-refractivity contribution >= 4 is 11.7 Å². The number of alkyl halides is 3. The quantitative estimate of drug-likeness (QED) is 0.731. The number of carbonyl (C=O) groups is 1. The summed E-state index contributed by atoms with van der Waals surface area (Å²) < 4.78 is 44.3. The van der Waals surface area contributed by atoms with Gasteiger partial charge in [-0.2, -0.15) is 13.2 Å². The average Bonchev–Trinajstić information content (AvgIpc) is 2.80. The molecule has 0 saturated carbocycles. The largest absolute Gasteiger partial charge is 0.478 e. The molecule has 2 atom stereocenters. The predicted octanol–water partition coefficient (Wildman–Crippen LogP) is 4.49. The van der Waals surface area contributed by atoms with E-state index < -0.39 is 17.7 Å². The van der Waals surface area contributed by atoms with E-state index in [9.17, 15) is 23.1 Å². The maximum atomic E-state index is 12.9. The molecule has 0 spiro atoms. The van der Waals surface area contributed by atoms with Crippen LogP contribution in [-0.4, -0.2) is 61.4 Å². The van der Waals surface area contributed by atoms with Gasteiger partial charge in [0.25, 0.3) is 0 Å². The van der Waals surface area contributed by atoms with Gasteiger partial charge in [0, 0.05) is 43.8 Å². The molecule has 32 heavy (non-hydrogen) atoms. The van der Waals surface area contributed by atoms with E-state index in [4.69, 9.17) is 4.74 Å². The van der Waals surface area contributed by atoms with Gasteiger partial charge in [-0.05, 0) is 54.8 Å². The summed E-state index contributed by atoms with van der Waals surface area (Å²) in [6, 6.07) is 12.6. The third-order valence-corrected chi connectivity index (χ3v) is 6.43. The molecule has 2 aromatic rings. The number of benzene rings is 2. The highest BCUT2D eigenvalue weighted by Gasteiger charge is 2.33. The van der Waals surface area contributed by atoms with Crippen LogP contribution in [0.2, 0.25) is 0 Å². The van der Waals surface area contributed by atoms with Crippen molar-refractivity contribution in [1.82, 2.24) is 4.90 Å². The van der Waals surface area contributed by atoms with Gasteiger partial charge in [0.05, 0.1) is 24.3 Å². The first-order chi connectivity index (χ1) is 15.3. The average molecular weight is 448 g/mol. The Morgan fingerprint density at radius 1 is 1.00 bits per heavy atom. The van der Waals surface area contributed by atoms with Gasteiger partial charge < -0.3 is 14.7 Å². The van der Waals surface area contributed by atoms with Gasteiger partial charge in [-0.15, -0.1) is 0 Å². The van der Waals surface area contributed by atoms with Crippen molar-refractivity contribution < 1.29 is 27.8 Å². The van der Waals surface area contributed by atoms with Crippen molar-refractivity contribution in [3.05, 3.63) is 65.2 Å². The van der Waals surface area contributed by atoms with Gasteiger partial charge in [-0.1, -0.05) is 12.1 Å². The van der Waals surface area contributed by atoms with E-state index in [1.54, 1.807) is 24.3 Å². The second-order valence-electron chi connectivity index (χ2n) is 8.47. The Kier molecular flexibility index (Phi) is 6.71. The Bertz CT molecular complexity index is 910. The highest BCUT2D eigenvalue weighted by molar-refractivity contribution is 5.88. The van der Waals surface area contributed by atoms with Crippen LogP contribution in [-0.2, 0) is 10.9 Å². The smallest absolute Gasteiger partial charge is 0.416 e. The first-order valence-electron chi connectivity index (χ1n) is 10.9. The van der Waals surface area contributed by atoms with Crippen molar-refractivity contribution in [2.45, 2.75) is 31.0 Å². The molecule has 1 N–H and O–H groups in total. The molecule has 0 amide bonds. The van der Waals surface area contributed by atoms with Gasteiger partial charge in [-0.3, -0.25) is 4.90 Å². The first-order valence-corrected chi connectivity index (χ1v) is 10.9. The van der Waals surface area contributed by atoms with Crippen LogP contribution in [0.25, 0.3) is 0 Å². The van der Waals surface area contributed by atoms with Crippen LogP contribution >= 0.6 is 0 Å². The Morgan fingerprint density at radius 3 is 2.25 bits per heavy atom. The minimum absolute atomic E-state index is 0.109. The minimum atomic E-state index is -4.34. The molecule has 1 unspecified atom stereocenters. The molecule has 0 aromatic heterocycles. The Balaban J connectivity index is 1.55. The van der Waals surface area contributed by atoms with Crippen molar-refractivity contribution in [2.24, 2.45) is 0 Å². The fourth-order valence-electron chi connectivity index (χ4n) is 4.63. The van der Waals surface area contributed by atoms with Crippen LogP contribution < -0.4 is 4.90 Å². The van der Waals surface area contributed by atoms with Crippen molar-refractivity contribution in [2.75, 3.05) is 44.3 Å². The molecule has 0 bridgehead atoms. The number of morpholine rings is 1. The van der Waals surface area contributed by atoms with E-state index in [1.807, 2.05) is 12.1 Å². The molecule has 2 aromatic carbocycles. The maximum absolute atomic E-state index is 12.9. The SMILES string of the molecule is O=C(O)c1ccc(N2CC(c3ccc(C(F)(F)F)cc3)CC[C@H]2CN2CCOCC2)cc1. The topological polar surface area (TPSA) is 53.0 Å². The van der Waals surface area contributed by atoms with Gasteiger partial charge in [0.2, 0.25) is 0 Å². The molecule has 2 heterocycles. The fraction of sp³-hybridized carbons (Fsp3) is 0.458. The Morgan fingerprint density at radius 2 is 1.66 bits per heavy atom. The summed E-state index contributed by atoms with van der Waals surface area (Å²) in [5, 5.41) is 9.21. The molecular formula is C24H27F3N2O3. The summed E-state index contributed by atoms with van der Waals surface area (Å²) in [6.45, 7) is 4.74. The monoisotopic (exact) mass is 448 g/mol. The predicted molar refractivity (Wildman–Crippen MR) is 115 cm³/mol. The van der Waals surface area contributed by atoms with E-state index in [2.05, 4.69) is 9.80 Å². The van der Waals surface area contributed by atoms with Crippen molar-refractivity contribution in [1.29, 1.82) is 0 Å². The third-order valence-electron chi connectivity index (χ3n) is 6.43. The lowest BCUT2D eigenvalue weighted by Gasteiger charge is -2.44. The number of halogens is 3. The highest BCUT2D eigenvalue weighted by Crippen LogP contribution is 2.36. The number of hydrogen-bond acceptors (Lipinski definition) is 4. The van der Waals surface area contributed by atoms with E-state index in [-0.39, 0.29) is 17.5 Å². The molecule has 0 radical (unpaired) electrons. The normalized spacial score (nSPS) is 22.7. The number of nitrogens with zero attached hydrogens (tertiary/aromatic N) is 2. The zero-order chi connectivity index (χ0) is 22.7. The zero-order valence-corrected chi connectivity index (χ0v) is 17.7. The van der Waals surface area contributed by atoms with Crippen molar-refractivity contribution in [3.8, 4) is 0 Å². The molecule has 2 saturated heterocycles. The number of carboxylic acids is 1. The molecule has 2 aliphatic rings. The summed E-state index contributed by atoms with van der Waals surface area (Å²) in [5.74, 6) is -0.861. The van der Waals surface area contributed by atoms with E-state index >= 15 is 0 Å². The number of anilines is 1. The number of piperidine rings is 1. The standard InChI is InChI=1S/C24H27F3N2O3/c25-24(26,27)20-6-1-17(2-7-20)19-5-10-22(16-28-11-13-32-14-12-28)29(15-19)21-8-3-18(4-9-21)23(30)31/h1-4,6-9,19,22H,5,10-16H2,(H,30,31)/t19?,22-/m0/s1. The summed E-state index contributed by atoms with van der Waals surface area (Å²) in [7, 11) is 0. The van der Waals surface area contributed by atoms with E-state index in [1.165, 1.54) is 0 Å². The summed E-state index contributed by atoms with van der Waals surface area (Å²) in [5.41, 5.74) is 1.43. The van der Waals surface area contributed by atoms with E-state index in [0.29, 0.717) is 19.8 Å². The highest BCUT2D eigenvalue weighted by atomic mass is 19.4. The number of hydrogen-bond donors (Lipinski definition) is 1. The molecule has 0 aliphatic carbocycles. The lowest BCUT2D eigenvalue weighted by atomic mass is 9.86.